The van der Waals surface area contributed by atoms with Crippen LogP contribution in [0, 0.1) is 0 Å². The van der Waals surface area contributed by atoms with Crippen LogP contribution >= 0.6 is 0 Å². The fourth-order valence-electron chi connectivity index (χ4n) is 3.65. The topological polar surface area (TPSA) is 157 Å². The van der Waals surface area contributed by atoms with Crippen LogP contribution in [-0.2, 0) is 28.7 Å². The summed E-state index contributed by atoms with van der Waals surface area (Å²) in [4.78, 5) is 73.5. The average Bonchev–Trinajstić information content (AvgIpc) is 3.03. The number of imide groups is 2. The molecular weight excluding hydrogens is 474 g/mol. The molecule has 0 saturated carbocycles. The van der Waals surface area contributed by atoms with E-state index in [1.807, 2.05) is 0 Å². The van der Waals surface area contributed by atoms with Crippen LogP contribution in [0.3, 0.4) is 0 Å². The molecule has 1 atom stereocenters. The first-order valence-corrected chi connectivity index (χ1v) is 11.5. The van der Waals surface area contributed by atoms with Crippen LogP contribution < -0.4 is 15.4 Å². The molecule has 2 aliphatic heterocycles. The first kappa shape index (κ1) is 26.8. The molecule has 0 aliphatic carbocycles. The number of fused-ring (bicyclic) bond motifs is 1. The van der Waals surface area contributed by atoms with Gasteiger partial charge in [0.25, 0.3) is 17.7 Å². The number of hydrogen-bond acceptors (Lipinski definition) is 9. The Balaban J connectivity index is 1.42. The second-order valence-electron chi connectivity index (χ2n) is 9.24. The molecule has 2 heterocycles. The molecule has 12 nitrogen and oxygen atoms in total. The van der Waals surface area contributed by atoms with Crippen molar-refractivity contribution in [3.8, 4) is 5.75 Å². The van der Waals surface area contributed by atoms with Crippen molar-refractivity contribution in [3.63, 3.8) is 0 Å². The smallest absolute Gasteiger partial charge is 0.308 e. The summed E-state index contributed by atoms with van der Waals surface area (Å²) in [6.07, 6.45) is 0.196. The van der Waals surface area contributed by atoms with Gasteiger partial charge in [-0.25, -0.2) is 0 Å². The number of carbonyl (C=O) groups is 6. The maximum atomic E-state index is 12.8. The number of piperidine rings is 1. The van der Waals surface area contributed by atoms with E-state index in [0.717, 1.165) is 4.90 Å². The Kier molecular flexibility index (Phi) is 8.41. The number of nitrogens with one attached hydrogen (secondary N) is 2. The van der Waals surface area contributed by atoms with E-state index in [1.54, 1.807) is 20.8 Å². The zero-order valence-corrected chi connectivity index (χ0v) is 20.4. The van der Waals surface area contributed by atoms with Crippen LogP contribution in [-0.4, -0.2) is 78.4 Å². The highest BCUT2D eigenvalue weighted by Crippen LogP contribution is 2.30. The fourth-order valence-corrected chi connectivity index (χ4v) is 3.65. The first-order chi connectivity index (χ1) is 17.0. The largest absolute Gasteiger partial charge is 0.484 e. The van der Waals surface area contributed by atoms with Crippen molar-refractivity contribution in [2.45, 2.75) is 51.7 Å². The van der Waals surface area contributed by atoms with Gasteiger partial charge in [-0.1, -0.05) is 0 Å². The zero-order chi connectivity index (χ0) is 26.5. The summed E-state index contributed by atoms with van der Waals surface area (Å²) >= 11 is 0. The lowest BCUT2D eigenvalue weighted by molar-refractivity contribution is -0.156. The lowest BCUT2D eigenvalue weighted by Gasteiger charge is -2.27. The quantitative estimate of drug-likeness (QED) is 0.261. The fraction of sp³-hybridized carbons (Fsp3) is 0.500. The zero-order valence-electron chi connectivity index (χ0n) is 20.4. The van der Waals surface area contributed by atoms with Gasteiger partial charge in [0.1, 0.15) is 17.4 Å². The molecule has 1 aromatic rings. The van der Waals surface area contributed by atoms with Gasteiger partial charge in [-0.15, -0.1) is 0 Å². The summed E-state index contributed by atoms with van der Waals surface area (Å²) in [6, 6.07) is 3.13. The summed E-state index contributed by atoms with van der Waals surface area (Å²) < 4.78 is 15.9. The molecule has 0 aromatic heterocycles. The van der Waals surface area contributed by atoms with Crippen LogP contribution in [0.15, 0.2) is 18.2 Å². The Labute approximate surface area is 207 Å². The van der Waals surface area contributed by atoms with Gasteiger partial charge < -0.3 is 19.5 Å². The summed E-state index contributed by atoms with van der Waals surface area (Å²) in [5.74, 6) is -3.03. The van der Waals surface area contributed by atoms with Gasteiger partial charge in [-0.05, 0) is 45.4 Å². The Bertz CT molecular complexity index is 1080. The molecule has 0 bridgehead atoms. The summed E-state index contributed by atoms with van der Waals surface area (Å²) in [7, 11) is 0. The van der Waals surface area contributed by atoms with Crippen molar-refractivity contribution in [1.29, 1.82) is 0 Å². The van der Waals surface area contributed by atoms with Gasteiger partial charge in [0.2, 0.25) is 11.8 Å². The van der Waals surface area contributed by atoms with Crippen LogP contribution in [0.5, 0.6) is 5.75 Å². The van der Waals surface area contributed by atoms with Crippen molar-refractivity contribution < 1.29 is 43.0 Å². The van der Waals surface area contributed by atoms with E-state index < -0.39 is 41.2 Å². The monoisotopic (exact) mass is 503 g/mol. The minimum Gasteiger partial charge on any atom is -0.484 e. The first-order valence-electron chi connectivity index (χ1n) is 11.5. The van der Waals surface area contributed by atoms with E-state index in [1.165, 1.54) is 18.2 Å². The molecule has 1 fully saturated rings. The molecule has 5 amide bonds. The maximum absolute atomic E-state index is 12.8. The Hall–Kier alpha value is -3.80. The molecule has 2 N–H and O–H groups in total. The van der Waals surface area contributed by atoms with Gasteiger partial charge in [-0.3, -0.25) is 39.0 Å². The predicted octanol–water partition coefficient (Wildman–Crippen LogP) is 0.331. The van der Waals surface area contributed by atoms with Crippen LogP contribution in [0.1, 0.15) is 60.7 Å². The number of carbonyl (C=O) groups excluding carboxylic acids is 6. The van der Waals surface area contributed by atoms with E-state index in [4.69, 9.17) is 14.2 Å². The highest BCUT2D eigenvalue weighted by Gasteiger charge is 2.44. The number of nitrogens with zero attached hydrogens (tertiary/aromatic N) is 1. The summed E-state index contributed by atoms with van der Waals surface area (Å²) in [6.45, 7) is 5.56. The molecule has 3 rings (SSSR count). The van der Waals surface area contributed by atoms with E-state index in [-0.39, 0.29) is 68.5 Å². The number of rotatable bonds is 10. The normalized spacial score (nSPS) is 17.5. The van der Waals surface area contributed by atoms with Gasteiger partial charge in [-0.2, -0.15) is 0 Å². The molecule has 2 aliphatic rings. The van der Waals surface area contributed by atoms with Crippen LogP contribution in [0.2, 0.25) is 0 Å². The molecule has 1 saturated heterocycles. The van der Waals surface area contributed by atoms with Crippen molar-refractivity contribution in [1.82, 2.24) is 15.5 Å². The van der Waals surface area contributed by atoms with E-state index >= 15 is 0 Å². The summed E-state index contributed by atoms with van der Waals surface area (Å²) in [5.41, 5.74) is -0.384. The SMILES string of the molecule is CC(C)(C)OC(=O)CCOCCNC(=O)COc1ccc2c(c1)C(=O)N(C1CCC(=O)NC1=O)C2=O. The van der Waals surface area contributed by atoms with Crippen molar-refractivity contribution in [3.05, 3.63) is 29.3 Å². The molecule has 1 unspecified atom stereocenters. The van der Waals surface area contributed by atoms with Gasteiger partial charge in [0, 0.05) is 13.0 Å². The lowest BCUT2D eigenvalue weighted by Crippen LogP contribution is -2.54. The number of ether oxygens (including phenoxy) is 3. The lowest BCUT2D eigenvalue weighted by atomic mass is 10.0. The van der Waals surface area contributed by atoms with Crippen molar-refractivity contribution in [2.24, 2.45) is 0 Å². The Morgan fingerprint density at radius 1 is 1.08 bits per heavy atom. The number of benzene rings is 1. The minimum absolute atomic E-state index is 0.0298. The summed E-state index contributed by atoms with van der Waals surface area (Å²) in [5, 5.41) is 4.74. The van der Waals surface area contributed by atoms with E-state index in [0.29, 0.717) is 0 Å². The van der Waals surface area contributed by atoms with Crippen LogP contribution in [0.4, 0.5) is 0 Å². The molecule has 0 spiro atoms. The molecule has 12 heteroatoms. The molecule has 0 radical (unpaired) electrons. The molecule has 36 heavy (non-hydrogen) atoms. The van der Waals surface area contributed by atoms with Gasteiger partial charge >= 0.3 is 5.97 Å². The maximum Gasteiger partial charge on any atom is 0.308 e. The third kappa shape index (κ3) is 6.87. The molecular formula is C24H29N3O9. The Morgan fingerprint density at radius 2 is 1.81 bits per heavy atom. The van der Waals surface area contributed by atoms with Gasteiger partial charge in [0.15, 0.2) is 6.61 Å². The Morgan fingerprint density at radius 3 is 2.50 bits per heavy atom. The average molecular weight is 504 g/mol. The predicted molar refractivity (Wildman–Crippen MR) is 123 cm³/mol. The minimum atomic E-state index is -1.06. The van der Waals surface area contributed by atoms with E-state index in [2.05, 4.69) is 10.6 Å². The standard InChI is InChI=1S/C24H29N3O9/c1-24(2,3)36-20(30)8-10-34-11-9-25-19(29)13-35-14-4-5-15-16(12-14)23(33)27(22(15)32)17-6-7-18(28)26-21(17)31/h4-5,12,17H,6-11,13H2,1-3H3,(H,25,29)(H,26,28,31). The number of hydrogen-bond donors (Lipinski definition) is 2. The molecule has 1 aromatic carbocycles. The second kappa shape index (κ2) is 11.3. The highest BCUT2D eigenvalue weighted by atomic mass is 16.6. The molecule has 194 valence electrons. The van der Waals surface area contributed by atoms with Crippen LogP contribution in [0.25, 0.3) is 0 Å². The van der Waals surface area contributed by atoms with E-state index in [9.17, 15) is 28.8 Å². The third-order valence-electron chi connectivity index (χ3n) is 5.22. The second-order valence-corrected chi connectivity index (χ2v) is 9.24. The number of esters is 1. The highest BCUT2D eigenvalue weighted by molar-refractivity contribution is 6.23. The van der Waals surface area contributed by atoms with Crippen molar-refractivity contribution in [2.75, 3.05) is 26.4 Å². The third-order valence-corrected chi connectivity index (χ3v) is 5.22. The van der Waals surface area contributed by atoms with Crippen molar-refractivity contribution >= 4 is 35.5 Å². The van der Waals surface area contributed by atoms with Gasteiger partial charge in [0.05, 0.1) is 30.8 Å². The number of amides is 5.